The lowest BCUT2D eigenvalue weighted by Gasteiger charge is -2.37. The molecule has 7 atom stereocenters. The van der Waals surface area contributed by atoms with Gasteiger partial charge in [-0.3, -0.25) is 4.21 Å². The van der Waals surface area contributed by atoms with E-state index in [9.17, 15) is 30.6 Å². The largest absolute Gasteiger partial charge is 0.268 e. The minimum Gasteiger partial charge on any atom is -0.268 e. The second-order valence-corrected chi connectivity index (χ2v) is 35.2. The van der Waals surface area contributed by atoms with Crippen molar-refractivity contribution in [2.75, 3.05) is 12.0 Å². The summed E-state index contributed by atoms with van der Waals surface area (Å²) in [6.45, 7) is 18.8. The van der Waals surface area contributed by atoms with Crippen molar-refractivity contribution in [3.05, 3.63) is 237 Å². The van der Waals surface area contributed by atoms with E-state index in [4.69, 9.17) is 27.8 Å². The van der Waals surface area contributed by atoms with Crippen LogP contribution in [0.15, 0.2) is 128 Å². The molecule has 112 heavy (non-hydrogen) atoms. The summed E-state index contributed by atoms with van der Waals surface area (Å²) in [5, 5.41) is 40.2. The predicted octanol–water partition coefficient (Wildman–Crippen LogP) is 14.2. The molecule has 9 heterocycles. The molecular formula is C84H78F6N20OS. The lowest BCUT2D eigenvalue weighted by molar-refractivity contribution is 0.242. The minimum atomic E-state index is -2.13. The van der Waals surface area contributed by atoms with Crippen molar-refractivity contribution < 1.29 is 30.6 Å². The van der Waals surface area contributed by atoms with Crippen molar-refractivity contribution in [2.24, 2.45) is 21.7 Å². The molecule has 0 N–H and O–H groups in total. The Hall–Kier alpha value is -11.7. The molecule has 3 aromatic carbocycles. The third kappa shape index (κ3) is 11.8. The summed E-state index contributed by atoms with van der Waals surface area (Å²) in [7, 11) is -2.13. The Labute approximate surface area is 643 Å². The molecule has 0 spiro atoms. The highest BCUT2D eigenvalue weighted by Crippen LogP contribution is 2.72. The van der Waals surface area contributed by atoms with E-state index in [1.54, 1.807) is 66.1 Å². The molecule has 3 saturated carbocycles. The Morgan fingerprint density at radius 2 is 0.929 bits per heavy atom. The standard InChI is InChI=1S/C29H27F2N7.C29H30F2N6OS.C26H21F2N7/c1-6-27(2,3)15-23-33-16-38(37-23)26-32-13-11-22(34-26)29-12-10-18(28(29,4)5)17-14-21(35-36-25(17)29)24-19(30)8-7-9-20(24)31;1-17-9-10-20(30)25(26(17)31)21-15-18-19-11-13-29(28(19,2)3,27(18)35-34-21)22-7-6-8-24(33-22)37-16-32-23(36-37)12-14-39(4,5)38;1-4-6-21-30-14-35(34-21)24-29-12-10-20(31-24)26-11-9-16(25(26,2)3)15-13-19(32-33-23(15)26)22-17(27)7-5-8-18(22)28/h1,7-9,11,13-14,16,18H,10,12,15H2,2-5H3;6-10,15-16,19H,4,11-14H2,1-3,5H3;1,5,7-8,10,12-14,16H,6,9,11H2,2-3H3/t18-,29-;19-,29-,39?;16-,26-/m000/s1. The normalized spacial score (nSPS) is 21.9. The van der Waals surface area contributed by atoms with E-state index in [-0.39, 0.29) is 73.2 Å². The van der Waals surface area contributed by atoms with Crippen LogP contribution in [0.25, 0.3) is 51.5 Å². The summed E-state index contributed by atoms with van der Waals surface area (Å²) in [6.07, 6.45) is 27.3. The van der Waals surface area contributed by atoms with Crippen molar-refractivity contribution in [3.8, 4) is 76.2 Å². The van der Waals surface area contributed by atoms with Crippen molar-refractivity contribution in [3.63, 3.8) is 0 Å². The van der Waals surface area contributed by atoms with Gasteiger partial charge >= 0.3 is 0 Å². The van der Waals surface area contributed by atoms with Crippen molar-refractivity contribution in [2.45, 2.75) is 154 Å². The first-order chi connectivity index (χ1) is 53.4. The molecule has 6 aliphatic carbocycles. The fourth-order valence-corrected chi connectivity index (χ4v) is 19.5. The summed E-state index contributed by atoms with van der Waals surface area (Å²) >= 11 is 0. The van der Waals surface area contributed by atoms with Gasteiger partial charge < -0.3 is 0 Å². The molecule has 0 amide bonds. The Morgan fingerprint density at radius 1 is 0.518 bits per heavy atom. The Balaban J connectivity index is 0.000000127. The van der Waals surface area contributed by atoms with Crippen molar-refractivity contribution in [1.82, 2.24) is 99.8 Å². The first-order valence-corrected chi connectivity index (χ1v) is 39.2. The molecule has 12 aromatic rings. The van der Waals surface area contributed by atoms with Crippen LogP contribution in [0.1, 0.15) is 186 Å². The van der Waals surface area contributed by atoms with E-state index in [2.05, 4.69) is 130 Å². The maximum atomic E-state index is 14.9. The molecule has 28 heteroatoms. The summed E-state index contributed by atoms with van der Waals surface area (Å²) in [4.78, 5) is 36.7. The molecule has 568 valence electrons. The van der Waals surface area contributed by atoms with Gasteiger partial charge in [0.05, 0.1) is 90.6 Å². The van der Waals surface area contributed by atoms with E-state index in [1.807, 2.05) is 50.2 Å². The van der Waals surface area contributed by atoms with Crippen LogP contribution < -0.4 is 0 Å². The number of aromatic nitrogens is 20. The van der Waals surface area contributed by atoms with E-state index >= 15 is 0 Å². The quantitative estimate of drug-likeness (QED) is 0.0525. The molecule has 0 radical (unpaired) electrons. The lowest BCUT2D eigenvalue weighted by Crippen LogP contribution is -2.38. The molecule has 0 aliphatic heterocycles. The first-order valence-electron chi connectivity index (χ1n) is 36.9. The molecule has 0 saturated heterocycles. The Kier molecular flexibility index (Phi) is 18.0. The second kappa shape index (κ2) is 27.1. The lowest BCUT2D eigenvalue weighted by atomic mass is 9.66. The number of benzene rings is 3. The third-order valence-electron chi connectivity index (χ3n) is 24.7. The first kappa shape index (κ1) is 74.4. The van der Waals surface area contributed by atoms with Crippen LogP contribution >= 0.6 is 0 Å². The van der Waals surface area contributed by atoms with Gasteiger partial charge in [0.2, 0.25) is 0 Å². The highest BCUT2D eigenvalue weighted by Gasteiger charge is 2.68. The topological polar surface area (TPSA) is 251 Å². The highest BCUT2D eigenvalue weighted by molar-refractivity contribution is 7.99. The number of aryl methyl sites for hydroxylation is 2. The maximum Gasteiger partial charge on any atom is 0.252 e. The van der Waals surface area contributed by atoms with Crippen LogP contribution in [0.5, 0.6) is 0 Å². The SMILES string of the molecule is C#CC(C)(C)Cc1ncn(-c2nccc([C@@]34CC[C@@H](c5cc(-c6c(F)cccc6F)nnc53)C4(C)C)n2)n1.C#CCc1ncn(-c2nccc([C@@]34CC[C@@H](c5cc(-c6c(F)cccc6F)nnc53)C4(C)C)n2)n1.C=S(C)(=O)CCc1ncn(-c2cccc([C@@]34CC[C@@H](c5cc(-c6c(F)ccc(C)c6F)nnc53)C4(C)C)n2)n1. The van der Waals surface area contributed by atoms with Gasteiger partial charge in [0.25, 0.3) is 11.9 Å². The van der Waals surface area contributed by atoms with E-state index in [0.717, 1.165) is 89.4 Å². The summed E-state index contributed by atoms with van der Waals surface area (Å²) in [5.41, 5.74) is 5.64. The van der Waals surface area contributed by atoms with Crippen LogP contribution in [0.2, 0.25) is 0 Å². The van der Waals surface area contributed by atoms with Crippen LogP contribution in [0.4, 0.5) is 26.3 Å². The monoisotopic (exact) mass is 1530 g/mol. The number of halogens is 6. The Morgan fingerprint density at radius 3 is 1.39 bits per heavy atom. The average Bonchev–Trinajstić information content (AvgIpc) is 1.53. The molecule has 9 aromatic heterocycles. The van der Waals surface area contributed by atoms with E-state index < -0.39 is 60.7 Å². The van der Waals surface area contributed by atoms with Crippen molar-refractivity contribution in [1.29, 1.82) is 0 Å². The Bertz CT molecular complexity index is 5980. The number of pyridine rings is 1. The zero-order valence-corrected chi connectivity index (χ0v) is 64.1. The number of hydrogen-bond acceptors (Lipinski definition) is 18. The number of rotatable bonds is 15. The van der Waals surface area contributed by atoms with Gasteiger partial charge in [0.15, 0.2) is 23.3 Å². The smallest absolute Gasteiger partial charge is 0.252 e. The number of terminal acetylenes is 2. The zero-order chi connectivity index (χ0) is 79.0. The van der Waals surface area contributed by atoms with Crippen LogP contribution in [0.3, 0.4) is 0 Å². The summed E-state index contributed by atoms with van der Waals surface area (Å²) in [5.74, 6) is 9.08. The molecule has 6 bridgehead atoms. The van der Waals surface area contributed by atoms with Crippen LogP contribution in [-0.2, 0) is 45.0 Å². The fraction of sp³-hybridized carbons (Fsp3) is 0.357. The third-order valence-corrected chi connectivity index (χ3v) is 25.8. The number of nitrogens with zero attached hydrogens (tertiary/aromatic N) is 20. The molecule has 3 fully saturated rings. The molecule has 18 rings (SSSR count). The predicted molar refractivity (Wildman–Crippen MR) is 408 cm³/mol. The van der Waals surface area contributed by atoms with Crippen molar-refractivity contribution >= 4 is 15.4 Å². The molecule has 21 nitrogen and oxygen atoms in total. The zero-order valence-electron chi connectivity index (χ0n) is 63.3. The van der Waals surface area contributed by atoms with Gasteiger partial charge in [0.1, 0.15) is 53.9 Å². The van der Waals surface area contributed by atoms with Gasteiger partial charge in [0, 0.05) is 42.7 Å². The van der Waals surface area contributed by atoms with Gasteiger partial charge in [-0.05, 0) is 204 Å². The van der Waals surface area contributed by atoms with Gasteiger partial charge in [-0.2, -0.15) is 24.7 Å². The second-order valence-electron chi connectivity index (χ2n) is 32.4. The summed E-state index contributed by atoms with van der Waals surface area (Å²) < 4.78 is 104. The molecular weight excluding hydrogens is 1450 g/mol. The van der Waals surface area contributed by atoms with Gasteiger partial charge in [-0.15, -0.1) is 49.4 Å². The van der Waals surface area contributed by atoms with Crippen LogP contribution in [-0.4, -0.2) is 122 Å². The molecule has 1 unspecified atom stereocenters. The summed E-state index contributed by atoms with van der Waals surface area (Å²) in [6, 6.07) is 25.3. The number of fused-ring (bicyclic) bond motifs is 15. The van der Waals surface area contributed by atoms with Gasteiger partial charge in [-0.1, -0.05) is 71.7 Å². The number of hydrogen-bond donors (Lipinski definition) is 0. The highest BCUT2D eigenvalue weighted by atomic mass is 32.2. The van der Waals surface area contributed by atoms with Gasteiger partial charge in [-0.25, -0.2) is 70.9 Å². The van der Waals surface area contributed by atoms with E-state index in [0.29, 0.717) is 65.8 Å². The fourth-order valence-electron chi connectivity index (χ4n) is 18.9. The van der Waals surface area contributed by atoms with Crippen LogP contribution in [0, 0.1) is 88.2 Å². The van der Waals surface area contributed by atoms with E-state index in [1.165, 1.54) is 53.2 Å². The molecule has 6 aliphatic rings. The average molecular weight is 1530 g/mol. The maximum absolute atomic E-state index is 14.9. The minimum absolute atomic E-state index is 0.139.